The Kier molecular flexibility index (Phi) is 4.97. The van der Waals surface area contributed by atoms with E-state index in [1.54, 1.807) is 6.92 Å². The molecule has 0 radical (unpaired) electrons. The molecule has 118 valence electrons. The summed E-state index contributed by atoms with van der Waals surface area (Å²) in [5, 5.41) is 9.79. The van der Waals surface area contributed by atoms with E-state index in [9.17, 15) is 19.1 Å². The summed E-state index contributed by atoms with van der Waals surface area (Å²) in [7, 11) is 1.32. The Morgan fingerprint density at radius 2 is 2.05 bits per heavy atom. The third-order valence-electron chi connectivity index (χ3n) is 3.06. The van der Waals surface area contributed by atoms with Crippen LogP contribution in [-0.2, 0) is 9.53 Å². The maximum absolute atomic E-state index is 14.0. The highest BCUT2D eigenvalue weighted by atomic mass is 32.1. The van der Waals surface area contributed by atoms with E-state index in [1.807, 2.05) is 0 Å². The van der Waals surface area contributed by atoms with Crippen LogP contribution in [0.2, 0.25) is 0 Å². The van der Waals surface area contributed by atoms with Crippen molar-refractivity contribution in [3.8, 4) is 11.5 Å². The zero-order chi connectivity index (χ0) is 16.3. The number of phenolic OH excluding ortho intramolecular Hbond substituents is 1. The molecule has 2 aromatic rings. The van der Waals surface area contributed by atoms with Crippen LogP contribution in [0.5, 0.6) is 11.5 Å². The fraction of sp³-hybridized carbons (Fsp3) is 0.333. The fourth-order valence-electron chi connectivity index (χ4n) is 1.97. The van der Waals surface area contributed by atoms with Crippen molar-refractivity contribution in [2.45, 2.75) is 19.8 Å². The molecular weight excluding hydrogens is 311 g/mol. The minimum atomic E-state index is -0.824. The molecule has 0 fully saturated rings. The van der Waals surface area contributed by atoms with Crippen LogP contribution in [0, 0.1) is 5.82 Å². The third-order valence-corrected chi connectivity index (χ3v) is 4.18. The number of fused-ring (bicyclic) bond motifs is 1. The summed E-state index contributed by atoms with van der Waals surface area (Å²) in [6.45, 7) is 1.95. The quantitative estimate of drug-likeness (QED) is 0.651. The molecule has 1 N–H and O–H groups in total. The van der Waals surface area contributed by atoms with E-state index in [0.29, 0.717) is 9.58 Å². The smallest absolute Gasteiger partial charge is 0.306 e. The summed E-state index contributed by atoms with van der Waals surface area (Å²) in [5.74, 6) is -2.11. The van der Waals surface area contributed by atoms with Gasteiger partial charge in [0.15, 0.2) is 23.1 Å². The Morgan fingerprint density at radius 3 is 2.68 bits per heavy atom. The molecule has 0 aliphatic carbocycles. The number of benzene rings is 1. The van der Waals surface area contributed by atoms with E-state index in [1.165, 1.54) is 19.2 Å². The highest BCUT2D eigenvalue weighted by Gasteiger charge is 2.19. The number of hydrogen-bond acceptors (Lipinski definition) is 6. The van der Waals surface area contributed by atoms with Gasteiger partial charge in [0.1, 0.15) is 0 Å². The number of thiophene rings is 1. The summed E-state index contributed by atoms with van der Waals surface area (Å²) in [5.41, 5.74) is 0. The van der Waals surface area contributed by atoms with Gasteiger partial charge >= 0.3 is 5.97 Å². The van der Waals surface area contributed by atoms with Crippen LogP contribution >= 0.6 is 11.3 Å². The molecule has 1 aromatic carbocycles. The lowest BCUT2D eigenvalue weighted by molar-refractivity contribution is -0.143. The van der Waals surface area contributed by atoms with Crippen LogP contribution < -0.4 is 4.74 Å². The van der Waals surface area contributed by atoms with Gasteiger partial charge in [0, 0.05) is 22.6 Å². The van der Waals surface area contributed by atoms with Gasteiger partial charge in [-0.2, -0.15) is 0 Å². The number of carbonyl (C=O) groups excluding carboxylic acids is 2. The number of ketones is 1. The molecule has 0 amide bonds. The summed E-state index contributed by atoms with van der Waals surface area (Å²) < 4.78 is 24.2. The van der Waals surface area contributed by atoms with Crippen LogP contribution in [0.15, 0.2) is 12.1 Å². The summed E-state index contributed by atoms with van der Waals surface area (Å²) in [6, 6.07) is 2.85. The zero-order valence-corrected chi connectivity index (χ0v) is 13.0. The molecule has 0 aliphatic rings. The maximum Gasteiger partial charge on any atom is 0.306 e. The zero-order valence-electron chi connectivity index (χ0n) is 12.1. The molecule has 22 heavy (non-hydrogen) atoms. The predicted octanol–water partition coefficient (Wildman–Crippen LogP) is 3.28. The number of carbonyl (C=O) groups is 2. The minimum Gasteiger partial charge on any atom is -0.502 e. The second-order valence-electron chi connectivity index (χ2n) is 4.49. The van der Waals surface area contributed by atoms with E-state index in [2.05, 4.69) is 0 Å². The average molecular weight is 326 g/mol. The van der Waals surface area contributed by atoms with E-state index in [-0.39, 0.29) is 36.4 Å². The van der Waals surface area contributed by atoms with Crippen LogP contribution in [0.25, 0.3) is 10.1 Å². The Labute approximate surface area is 130 Å². The molecule has 0 unspecified atom stereocenters. The van der Waals surface area contributed by atoms with Crippen LogP contribution in [0.4, 0.5) is 4.39 Å². The largest absolute Gasteiger partial charge is 0.502 e. The van der Waals surface area contributed by atoms with Gasteiger partial charge in [0.2, 0.25) is 0 Å². The Hall–Kier alpha value is -2.15. The van der Waals surface area contributed by atoms with Gasteiger partial charge in [0.25, 0.3) is 0 Å². The normalized spacial score (nSPS) is 10.7. The van der Waals surface area contributed by atoms with Crippen LogP contribution in [-0.4, -0.2) is 30.6 Å². The Bertz CT molecular complexity index is 722. The third kappa shape index (κ3) is 3.19. The lowest BCUT2D eigenvalue weighted by Gasteiger charge is -2.04. The highest BCUT2D eigenvalue weighted by Crippen LogP contribution is 2.39. The average Bonchev–Trinajstić information content (AvgIpc) is 2.93. The van der Waals surface area contributed by atoms with Gasteiger partial charge in [0.05, 0.1) is 25.0 Å². The first-order chi connectivity index (χ1) is 10.5. The number of aromatic hydroxyl groups is 1. The number of halogens is 1. The minimum absolute atomic E-state index is 0.00358. The van der Waals surface area contributed by atoms with Crippen LogP contribution in [0.3, 0.4) is 0 Å². The molecule has 0 saturated heterocycles. The lowest BCUT2D eigenvalue weighted by Crippen LogP contribution is -2.07. The van der Waals surface area contributed by atoms with Gasteiger partial charge in [-0.1, -0.05) is 0 Å². The van der Waals surface area contributed by atoms with Crippen LogP contribution in [0.1, 0.15) is 29.4 Å². The number of phenols is 1. The van der Waals surface area contributed by atoms with Gasteiger partial charge in [-0.15, -0.1) is 11.3 Å². The van der Waals surface area contributed by atoms with Gasteiger partial charge in [-0.05, 0) is 13.0 Å². The predicted molar refractivity (Wildman–Crippen MR) is 80.2 cm³/mol. The summed E-state index contributed by atoms with van der Waals surface area (Å²) >= 11 is 1.09. The molecule has 2 rings (SSSR count). The molecule has 1 aromatic heterocycles. The molecule has 1 heterocycles. The monoisotopic (exact) mass is 326 g/mol. The second kappa shape index (κ2) is 6.74. The van der Waals surface area contributed by atoms with Gasteiger partial charge in [-0.3, -0.25) is 9.59 Å². The first-order valence-corrected chi connectivity index (χ1v) is 7.47. The summed E-state index contributed by atoms with van der Waals surface area (Å²) in [4.78, 5) is 23.6. The first kappa shape index (κ1) is 16.2. The van der Waals surface area contributed by atoms with Crippen molar-refractivity contribution in [2.24, 2.45) is 0 Å². The van der Waals surface area contributed by atoms with Crippen molar-refractivity contribution < 1.29 is 28.6 Å². The molecule has 0 spiro atoms. The number of ether oxygens (including phenoxy) is 2. The van der Waals surface area contributed by atoms with Crippen molar-refractivity contribution in [3.05, 3.63) is 22.8 Å². The van der Waals surface area contributed by atoms with Crippen molar-refractivity contribution in [1.29, 1.82) is 0 Å². The molecular formula is C15H15FO5S. The molecule has 0 aliphatic heterocycles. The van der Waals surface area contributed by atoms with E-state index >= 15 is 0 Å². The molecule has 0 atom stereocenters. The van der Waals surface area contributed by atoms with Gasteiger partial charge in [-0.25, -0.2) is 4.39 Å². The van der Waals surface area contributed by atoms with Crippen molar-refractivity contribution >= 4 is 33.2 Å². The standard InChI is InChI=1S/C15H15FO5S/c1-3-21-13(18)5-4-9(17)12-6-8-11(22-12)7-10(20-2)15(19)14(8)16/h6-7,19H,3-5H2,1-2H3. The molecule has 5 nitrogen and oxygen atoms in total. The number of rotatable bonds is 6. The second-order valence-corrected chi connectivity index (χ2v) is 5.58. The highest BCUT2D eigenvalue weighted by molar-refractivity contribution is 7.20. The topological polar surface area (TPSA) is 72.8 Å². The number of hydrogen-bond donors (Lipinski definition) is 1. The Balaban J connectivity index is 2.24. The number of esters is 1. The van der Waals surface area contributed by atoms with Crippen molar-refractivity contribution in [3.63, 3.8) is 0 Å². The summed E-state index contributed by atoms with van der Waals surface area (Å²) in [6.07, 6.45) is -0.0195. The fourth-order valence-corrected chi connectivity index (χ4v) is 3.03. The van der Waals surface area contributed by atoms with Gasteiger partial charge < -0.3 is 14.6 Å². The number of Topliss-reactive ketones (excluding diaryl/α,β-unsaturated/α-hetero) is 1. The number of methoxy groups -OCH3 is 1. The molecule has 0 saturated carbocycles. The molecule has 7 heteroatoms. The van der Waals surface area contributed by atoms with Crippen molar-refractivity contribution in [1.82, 2.24) is 0 Å². The maximum atomic E-state index is 14.0. The SMILES string of the molecule is CCOC(=O)CCC(=O)c1cc2c(F)c(O)c(OC)cc2s1. The van der Waals surface area contributed by atoms with E-state index < -0.39 is 17.5 Å². The molecule has 0 bridgehead atoms. The first-order valence-electron chi connectivity index (χ1n) is 6.65. The van der Waals surface area contributed by atoms with E-state index in [4.69, 9.17) is 9.47 Å². The lowest BCUT2D eigenvalue weighted by atomic mass is 10.1. The van der Waals surface area contributed by atoms with Crippen molar-refractivity contribution in [2.75, 3.05) is 13.7 Å². The van der Waals surface area contributed by atoms with E-state index in [0.717, 1.165) is 11.3 Å². The Morgan fingerprint density at radius 1 is 1.32 bits per heavy atom.